The average molecular weight is 442 g/mol. The van der Waals surface area contributed by atoms with E-state index in [-0.39, 0.29) is 11.8 Å². The lowest BCUT2D eigenvalue weighted by Crippen LogP contribution is -2.50. The molecular weight excluding hydrogens is 398 g/mol. The molecule has 2 N–H and O–H groups in total. The van der Waals surface area contributed by atoms with Crippen molar-refractivity contribution in [1.82, 2.24) is 19.8 Å². The molecule has 2 aliphatic heterocycles. The molecule has 0 bridgehead atoms. The lowest BCUT2D eigenvalue weighted by molar-refractivity contribution is 0.190. The molecule has 0 aromatic carbocycles. The maximum atomic E-state index is 12.1. The minimum absolute atomic E-state index is 0.188. The summed E-state index contributed by atoms with van der Waals surface area (Å²) in [6, 6.07) is 0.854. The first kappa shape index (κ1) is 23.8. The molecule has 0 aromatic rings. The van der Waals surface area contributed by atoms with E-state index < -0.39 is 10.0 Å². The Morgan fingerprint density at radius 1 is 0.967 bits per heavy atom. The van der Waals surface area contributed by atoms with E-state index in [2.05, 4.69) is 22.5 Å². The van der Waals surface area contributed by atoms with Crippen molar-refractivity contribution in [2.24, 2.45) is 10.9 Å². The Kier molecular flexibility index (Phi) is 9.26. The van der Waals surface area contributed by atoms with Crippen LogP contribution in [0.15, 0.2) is 4.99 Å². The summed E-state index contributed by atoms with van der Waals surface area (Å²) in [6.07, 6.45) is 11.3. The molecule has 1 saturated carbocycles. The van der Waals surface area contributed by atoms with Gasteiger partial charge in [-0.05, 0) is 64.8 Å². The smallest absolute Gasteiger partial charge is 0.213 e. The summed E-state index contributed by atoms with van der Waals surface area (Å²) >= 11 is 0. The molecule has 0 aromatic heterocycles. The van der Waals surface area contributed by atoms with Gasteiger partial charge in [0.05, 0.1) is 12.3 Å². The van der Waals surface area contributed by atoms with Crippen LogP contribution in [0.4, 0.5) is 0 Å². The van der Waals surface area contributed by atoms with Crippen molar-refractivity contribution < 1.29 is 8.42 Å². The van der Waals surface area contributed by atoms with Gasteiger partial charge in [-0.15, -0.1) is 0 Å². The van der Waals surface area contributed by atoms with Crippen LogP contribution in [0.5, 0.6) is 0 Å². The van der Waals surface area contributed by atoms with Crippen molar-refractivity contribution in [3.05, 3.63) is 0 Å². The summed E-state index contributed by atoms with van der Waals surface area (Å²) < 4.78 is 25.8. The van der Waals surface area contributed by atoms with E-state index in [0.29, 0.717) is 19.1 Å². The second-order valence-electron chi connectivity index (χ2n) is 9.23. The van der Waals surface area contributed by atoms with Crippen LogP contribution in [0.1, 0.15) is 71.6 Å². The van der Waals surface area contributed by atoms with Gasteiger partial charge in [0.2, 0.25) is 10.0 Å². The number of rotatable bonds is 8. The first-order chi connectivity index (χ1) is 14.5. The van der Waals surface area contributed by atoms with E-state index in [1.807, 2.05) is 0 Å². The van der Waals surface area contributed by atoms with E-state index in [9.17, 15) is 8.42 Å². The van der Waals surface area contributed by atoms with Crippen LogP contribution in [0.3, 0.4) is 0 Å². The number of hydrogen-bond acceptors (Lipinski definition) is 4. The Bertz CT molecular complexity index is 640. The second-order valence-corrected chi connectivity index (χ2v) is 11.5. The molecule has 1 atom stereocenters. The Morgan fingerprint density at radius 3 is 2.37 bits per heavy atom. The van der Waals surface area contributed by atoms with Gasteiger partial charge in [-0.25, -0.2) is 12.7 Å². The molecule has 3 fully saturated rings. The highest BCUT2D eigenvalue weighted by atomic mass is 32.2. The van der Waals surface area contributed by atoms with Gasteiger partial charge in [-0.3, -0.25) is 9.89 Å². The molecule has 174 valence electrons. The Balaban J connectivity index is 1.49. The van der Waals surface area contributed by atoms with Crippen LogP contribution >= 0.6 is 0 Å². The first-order valence-corrected chi connectivity index (χ1v) is 13.9. The normalized spacial score (nSPS) is 26.2. The fraction of sp³-hybridized carbons (Fsp3) is 0.955. The number of sulfonamides is 1. The monoisotopic (exact) mass is 441 g/mol. The molecular formula is C22H43N5O2S. The van der Waals surface area contributed by atoms with Gasteiger partial charge >= 0.3 is 0 Å². The van der Waals surface area contributed by atoms with Crippen LogP contribution in [0.25, 0.3) is 0 Å². The third kappa shape index (κ3) is 6.82. The van der Waals surface area contributed by atoms with Gasteiger partial charge in [-0.1, -0.05) is 19.3 Å². The zero-order chi connectivity index (χ0) is 21.4. The third-order valence-corrected chi connectivity index (χ3v) is 8.96. The minimum Gasteiger partial charge on any atom is -0.357 e. The van der Waals surface area contributed by atoms with Crippen molar-refractivity contribution >= 4 is 16.0 Å². The van der Waals surface area contributed by atoms with E-state index >= 15 is 0 Å². The second kappa shape index (κ2) is 11.7. The quantitative estimate of drug-likeness (QED) is 0.447. The Labute approximate surface area is 184 Å². The highest BCUT2D eigenvalue weighted by Crippen LogP contribution is 2.27. The zero-order valence-electron chi connectivity index (χ0n) is 19.1. The number of aliphatic imine (C=N–C) groups is 1. The van der Waals surface area contributed by atoms with Gasteiger partial charge in [0, 0.05) is 38.3 Å². The van der Waals surface area contributed by atoms with Gasteiger partial charge in [0.15, 0.2) is 5.96 Å². The lowest BCUT2D eigenvalue weighted by Gasteiger charge is -2.32. The van der Waals surface area contributed by atoms with Crippen molar-refractivity contribution in [2.75, 3.05) is 45.0 Å². The van der Waals surface area contributed by atoms with Crippen molar-refractivity contribution in [1.29, 1.82) is 0 Å². The van der Waals surface area contributed by atoms with E-state index in [1.165, 1.54) is 58.0 Å². The Hall–Kier alpha value is -0.860. The van der Waals surface area contributed by atoms with E-state index in [4.69, 9.17) is 4.99 Å². The summed E-state index contributed by atoms with van der Waals surface area (Å²) in [5.41, 5.74) is 0. The predicted octanol–water partition coefficient (Wildman–Crippen LogP) is 2.40. The first-order valence-electron chi connectivity index (χ1n) is 12.3. The standard InChI is InChI=1S/C22H43N5O2S/c1-3-23-22(25-20-12-15-27(16-13-20)30(28,29)4-2)24-17-21-11-8-14-26(21)18-19-9-6-5-7-10-19/h19-21H,3-18H2,1-2H3,(H2,23,24,25). The molecule has 8 heteroatoms. The highest BCUT2D eigenvalue weighted by molar-refractivity contribution is 7.89. The van der Waals surface area contributed by atoms with E-state index in [0.717, 1.165) is 37.8 Å². The SMILES string of the molecule is CCNC(=NCC1CCCN1CC1CCCCC1)NC1CCN(S(=O)(=O)CC)CC1. The van der Waals surface area contributed by atoms with Crippen LogP contribution in [0.2, 0.25) is 0 Å². The maximum absolute atomic E-state index is 12.1. The fourth-order valence-electron chi connectivity index (χ4n) is 5.21. The fourth-order valence-corrected chi connectivity index (χ4v) is 6.35. The minimum atomic E-state index is -3.07. The number of hydrogen-bond donors (Lipinski definition) is 2. The van der Waals surface area contributed by atoms with Crippen LogP contribution in [-0.2, 0) is 10.0 Å². The predicted molar refractivity (Wildman–Crippen MR) is 124 cm³/mol. The lowest BCUT2D eigenvalue weighted by atomic mass is 9.89. The van der Waals surface area contributed by atoms with Gasteiger partial charge < -0.3 is 10.6 Å². The van der Waals surface area contributed by atoms with Crippen molar-refractivity contribution in [2.45, 2.75) is 83.7 Å². The maximum Gasteiger partial charge on any atom is 0.213 e. The number of guanidine groups is 1. The number of likely N-dealkylation sites (tertiary alicyclic amines) is 1. The molecule has 3 aliphatic rings. The van der Waals surface area contributed by atoms with E-state index in [1.54, 1.807) is 11.2 Å². The summed E-state index contributed by atoms with van der Waals surface area (Å²) in [5.74, 6) is 1.96. The Morgan fingerprint density at radius 2 is 1.70 bits per heavy atom. The topological polar surface area (TPSA) is 77.0 Å². The van der Waals surface area contributed by atoms with Crippen LogP contribution in [0, 0.1) is 5.92 Å². The van der Waals surface area contributed by atoms with Crippen LogP contribution in [-0.4, -0.2) is 80.7 Å². The third-order valence-electron chi connectivity index (χ3n) is 7.07. The average Bonchev–Trinajstić information content (AvgIpc) is 3.20. The highest BCUT2D eigenvalue weighted by Gasteiger charge is 2.29. The summed E-state index contributed by atoms with van der Waals surface area (Å²) in [5, 5.41) is 6.96. The number of nitrogens with one attached hydrogen (secondary N) is 2. The molecule has 7 nitrogen and oxygen atoms in total. The largest absolute Gasteiger partial charge is 0.357 e. The molecule has 1 aliphatic carbocycles. The number of nitrogens with zero attached hydrogens (tertiary/aromatic N) is 3. The van der Waals surface area contributed by atoms with Gasteiger partial charge in [-0.2, -0.15) is 0 Å². The summed E-state index contributed by atoms with van der Waals surface area (Å²) in [4.78, 5) is 7.63. The van der Waals surface area contributed by atoms with Crippen LogP contribution < -0.4 is 10.6 Å². The molecule has 0 spiro atoms. The number of piperidine rings is 1. The van der Waals surface area contributed by atoms with Gasteiger partial charge in [0.25, 0.3) is 0 Å². The molecule has 30 heavy (non-hydrogen) atoms. The zero-order valence-corrected chi connectivity index (χ0v) is 19.9. The molecule has 2 saturated heterocycles. The molecule has 1 unspecified atom stereocenters. The van der Waals surface area contributed by atoms with Gasteiger partial charge in [0.1, 0.15) is 0 Å². The molecule has 3 rings (SSSR count). The molecule has 2 heterocycles. The molecule has 0 amide bonds. The van der Waals surface area contributed by atoms with Crippen molar-refractivity contribution in [3.63, 3.8) is 0 Å². The summed E-state index contributed by atoms with van der Waals surface area (Å²) in [6.45, 7) is 9.20. The summed E-state index contributed by atoms with van der Waals surface area (Å²) in [7, 11) is -3.07. The van der Waals surface area contributed by atoms with Crippen molar-refractivity contribution in [3.8, 4) is 0 Å². The molecule has 0 radical (unpaired) electrons.